The van der Waals surface area contributed by atoms with E-state index in [1.807, 2.05) is 50.2 Å². The summed E-state index contributed by atoms with van der Waals surface area (Å²) in [5.74, 6) is 1.25. The first-order chi connectivity index (χ1) is 12.1. The van der Waals surface area contributed by atoms with Crippen LogP contribution in [0.2, 0.25) is 5.02 Å². The van der Waals surface area contributed by atoms with E-state index in [1.54, 1.807) is 0 Å². The molecule has 0 fully saturated rings. The third-order valence-electron chi connectivity index (χ3n) is 3.80. The first-order valence-electron chi connectivity index (χ1n) is 8.54. The molecule has 0 aromatic heterocycles. The lowest BCUT2D eigenvalue weighted by Gasteiger charge is -2.17. The molecule has 0 radical (unpaired) electrons. The Bertz CT molecular complexity index is 731. The Labute approximate surface area is 154 Å². The maximum Gasteiger partial charge on any atom is 0.224 e. The fourth-order valence-corrected chi connectivity index (χ4v) is 2.65. The third kappa shape index (κ3) is 5.13. The van der Waals surface area contributed by atoms with Crippen molar-refractivity contribution in [3.05, 3.63) is 52.5 Å². The first kappa shape index (κ1) is 19.1. The van der Waals surface area contributed by atoms with Crippen LogP contribution in [0.3, 0.4) is 0 Å². The summed E-state index contributed by atoms with van der Waals surface area (Å²) in [6, 6.07) is 11.3. The zero-order valence-electron chi connectivity index (χ0n) is 14.9. The van der Waals surface area contributed by atoms with Crippen LogP contribution in [0.15, 0.2) is 36.4 Å². The number of halogens is 1. The van der Waals surface area contributed by atoms with Crippen molar-refractivity contribution in [1.82, 2.24) is 0 Å². The average molecular weight is 362 g/mol. The standard InChI is InChI=1S/C20H24ClNO3/c1-4-14-10-11-19(16(21)12-14)25-13-15-17(22-20(23)5-2)8-7-9-18(15)24-6-3/h7-12H,4-6,13H2,1-3H3,(H,22,23). The summed E-state index contributed by atoms with van der Waals surface area (Å²) in [5, 5.41) is 3.47. The topological polar surface area (TPSA) is 47.6 Å². The summed E-state index contributed by atoms with van der Waals surface area (Å²) in [6.07, 6.45) is 1.32. The van der Waals surface area contributed by atoms with Crippen molar-refractivity contribution >= 4 is 23.2 Å². The lowest BCUT2D eigenvalue weighted by Crippen LogP contribution is -2.13. The number of amides is 1. The van der Waals surface area contributed by atoms with E-state index >= 15 is 0 Å². The molecule has 0 aliphatic carbocycles. The minimum atomic E-state index is -0.0553. The van der Waals surface area contributed by atoms with Gasteiger partial charge in [0.2, 0.25) is 5.91 Å². The molecule has 4 nitrogen and oxygen atoms in total. The van der Waals surface area contributed by atoms with Gasteiger partial charge in [0.05, 0.1) is 22.9 Å². The minimum Gasteiger partial charge on any atom is -0.493 e. The van der Waals surface area contributed by atoms with Crippen LogP contribution in [0.4, 0.5) is 5.69 Å². The van der Waals surface area contributed by atoms with Gasteiger partial charge >= 0.3 is 0 Å². The maximum absolute atomic E-state index is 11.8. The van der Waals surface area contributed by atoms with Gasteiger partial charge in [-0.05, 0) is 43.2 Å². The molecule has 134 valence electrons. The van der Waals surface area contributed by atoms with Gasteiger partial charge < -0.3 is 14.8 Å². The van der Waals surface area contributed by atoms with Crippen LogP contribution in [0.1, 0.15) is 38.3 Å². The number of rotatable bonds is 8. The van der Waals surface area contributed by atoms with Crippen LogP contribution >= 0.6 is 11.6 Å². The highest BCUT2D eigenvalue weighted by Crippen LogP contribution is 2.31. The van der Waals surface area contributed by atoms with E-state index in [-0.39, 0.29) is 12.5 Å². The minimum absolute atomic E-state index is 0.0553. The summed E-state index contributed by atoms with van der Waals surface area (Å²) >= 11 is 6.30. The molecule has 0 atom stereocenters. The van der Waals surface area contributed by atoms with Gasteiger partial charge in [0.15, 0.2) is 0 Å². The number of carbonyl (C=O) groups is 1. The molecule has 2 aromatic rings. The SMILES string of the molecule is CCOc1cccc(NC(=O)CC)c1COc1ccc(CC)cc1Cl. The molecule has 25 heavy (non-hydrogen) atoms. The van der Waals surface area contributed by atoms with Crippen LogP contribution in [0, 0.1) is 0 Å². The number of benzene rings is 2. The zero-order valence-corrected chi connectivity index (χ0v) is 15.7. The normalized spacial score (nSPS) is 10.4. The van der Waals surface area contributed by atoms with Crippen molar-refractivity contribution in [3.63, 3.8) is 0 Å². The van der Waals surface area contributed by atoms with Gasteiger partial charge in [-0.3, -0.25) is 4.79 Å². The van der Waals surface area contributed by atoms with Gasteiger partial charge in [-0.25, -0.2) is 0 Å². The quantitative estimate of drug-likeness (QED) is 0.700. The number of carbonyl (C=O) groups excluding carboxylic acids is 1. The Morgan fingerprint density at radius 2 is 1.88 bits per heavy atom. The second-order valence-corrected chi connectivity index (χ2v) is 5.93. The highest BCUT2D eigenvalue weighted by molar-refractivity contribution is 6.32. The molecule has 1 amide bonds. The molecule has 5 heteroatoms. The summed E-state index contributed by atoms with van der Waals surface area (Å²) in [6.45, 7) is 6.59. The summed E-state index contributed by atoms with van der Waals surface area (Å²) in [4.78, 5) is 11.8. The van der Waals surface area contributed by atoms with E-state index in [9.17, 15) is 4.79 Å². The van der Waals surface area contributed by atoms with Crippen molar-refractivity contribution in [2.24, 2.45) is 0 Å². The largest absolute Gasteiger partial charge is 0.493 e. The van der Waals surface area contributed by atoms with Crippen molar-refractivity contribution in [1.29, 1.82) is 0 Å². The smallest absolute Gasteiger partial charge is 0.224 e. The van der Waals surface area contributed by atoms with E-state index in [0.717, 1.165) is 17.5 Å². The number of hydrogen-bond acceptors (Lipinski definition) is 3. The molecular weight excluding hydrogens is 338 g/mol. The molecule has 1 N–H and O–H groups in total. The van der Waals surface area contributed by atoms with E-state index in [2.05, 4.69) is 12.2 Å². The van der Waals surface area contributed by atoms with Crippen molar-refractivity contribution in [2.75, 3.05) is 11.9 Å². The van der Waals surface area contributed by atoms with E-state index in [4.69, 9.17) is 21.1 Å². The van der Waals surface area contributed by atoms with Gasteiger partial charge in [-0.1, -0.05) is 37.6 Å². The highest BCUT2D eigenvalue weighted by atomic mass is 35.5. The molecular formula is C20H24ClNO3. The van der Waals surface area contributed by atoms with Gasteiger partial charge in [0.1, 0.15) is 18.1 Å². The monoisotopic (exact) mass is 361 g/mol. The van der Waals surface area contributed by atoms with Crippen LogP contribution in [-0.4, -0.2) is 12.5 Å². The number of ether oxygens (including phenoxy) is 2. The Morgan fingerprint density at radius 3 is 2.52 bits per heavy atom. The van der Waals surface area contributed by atoms with Crippen LogP contribution in [-0.2, 0) is 17.8 Å². The van der Waals surface area contributed by atoms with E-state index in [0.29, 0.717) is 35.2 Å². The Morgan fingerprint density at radius 1 is 1.08 bits per heavy atom. The van der Waals surface area contributed by atoms with Gasteiger partial charge in [0, 0.05) is 6.42 Å². The number of aryl methyl sites for hydroxylation is 1. The first-order valence-corrected chi connectivity index (χ1v) is 8.92. The van der Waals surface area contributed by atoms with E-state index < -0.39 is 0 Å². The molecule has 0 bridgehead atoms. The second-order valence-electron chi connectivity index (χ2n) is 5.52. The number of hydrogen-bond donors (Lipinski definition) is 1. The van der Waals surface area contributed by atoms with Crippen molar-refractivity contribution in [2.45, 2.75) is 40.2 Å². The molecule has 2 rings (SSSR count). The van der Waals surface area contributed by atoms with Gasteiger partial charge in [-0.2, -0.15) is 0 Å². The van der Waals surface area contributed by atoms with Crippen LogP contribution < -0.4 is 14.8 Å². The maximum atomic E-state index is 11.8. The summed E-state index contributed by atoms with van der Waals surface area (Å²) < 4.78 is 11.6. The number of anilines is 1. The summed E-state index contributed by atoms with van der Waals surface area (Å²) in [7, 11) is 0. The molecule has 0 heterocycles. The van der Waals surface area contributed by atoms with Gasteiger partial charge in [0.25, 0.3) is 0 Å². The van der Waals surface area contributed by atoms with Gasteiger partial charge in [-0.15, -0.1) is 0 Å². The molecule has 2 aromatic carbocycles. The highest BCUT2D eigenvalue weighted by Gasteiger charge is 2.13. The molecule has 0 aliphatic heterocycles. The van der Waals surface area contributed by atoms with Crippen molar-refractivity contribution in [3.8, 4) is 11.5 Å². The van der Waals surface area contributed by atoms with Crippen LogP contribution in [0.5, 0.6) is 11.5 Å². The Balaban J connectivity index is 2.25. The lowest BCUT2D eigenvalue weighted by molar-refractivity contribution is -0.115. The summed E-state index contributed by atoms with van der Waals surface area (Å²) in [5.41, 5.74) is 2.64. The predicted octanol–water partition coefficient (Wildman–Crippen LogP) is 5.23. The third-order valence-corrected chi connectivity index (χ3v) is 4.10. The average Bonchev–Trinajstić information content (AvgIpc) is 2.62. The fourth-order valence-electron chi connectivity index (χ4n) is 2.39. The van der Waals surface area contributed by atoms with E-state index in [1.165, 1.54) is 0 Å². The molecule has 0 unspecified atom stereocenters. The number of nitrogens with one attached hydrogen (secondary N) is 1. The predicted molar refractivity (Wildman–Crippen MR) is 102 cm³/mol. The van der Waals surface area contributed by atoms with Crippen molar-refractivity contribution < 1.29 is 14.3 Å². The molecule has 0 spiro atoms. The molecule has 0 saturated heterocycles. The molecule has 0 saturated carbocycles. The molecule has 0 aliphatic rings. The Hall–Kier alpha value is -2.20. The lowest BCUT2D eigenvalue weighted by atomic mass is 10.1. The van der Waals surface area contributed by atoms with Crippen LogP contribution in [0.25, 0.3) is 0 Å². The zero-order chi connectivity index (χ0) is 18.2. The Kier molecular flexibility index (Phi) is 7.14. The fraction of sp³-hybridized carbons (Fsp3) is 0.350. The second kappa shape index (κ2) is 9.33.